The molecule has 0 aromatic heterocycles. The van der Waals surface area contributed by atoms with Crippen LogP contribution in [0.25, 0.3) is 6.08 Å². The van der Waals surface area contributed by atoms with E-state index in [2.05, 4.69) is 0 Å². The average Bonchev–Trinajstić information content (AvgIpc) is 2.85. The molecule has 4 nitrogen and oxygen atoms in total. The van der Waals surface area contributed by atoms with Gasteiger partial charge in [-0.2, -0.15) is 0 Å². The Kier molecular flexibility index (Phi) is 4.74. The van der Waals surface area contributed by atoms with Crippen LogP contribution in [0.5, 0.6) is 0 Å². The molecular formula is C19H15NO3S2. The summed E-state index contributed by atoms with van der Waals surface area (Å²) in [4.78, 5) is 26.1. The second kappa shape index (κ2) is 6.82. The molecule has 25 heavy (non-hydrogen) atoms. The van der Waals surface area contributed by atoms with Gasteiger partial charge in [-0.05, 0) is 48.7 Å². The molecular weight excluding hydrogens is 354 g/mol. The molecule has 6 heteroatoms. The minimum Gasteiger partial charge on any atom is -0.478 e. The van der Waals surface area contributed by atoms with Crippen molar-refractivity contribution in [3.05, 3.63) is 69.6 Å². The van der Waals surface area contributed by atoms with Crippen molar-refractivity contribution in [1.29, 1.82) is 0 Å². The zero-order valence-corrected chi connectivity index (χ0v) is 15.3. The highest BCUT2D eigenvalue weighted by Crippen LogP contribution is 2.38. The Bertz CT molecular complexity index is 934. The van der Waals surface area contributed by atoms with Gasteiger partial charge >= 0.3 is 5.97 Å². The summed E-state index contributed by atoms with van der Waals surface area (Å²) in [6, 6.07) is 12.3. The first-order valence-corrected chi connectivity index (χ1v) is 8.79. The second-order valence-corrected chi connectivity index (χ2v) is 7.30. The zero-order chi connectivity index (χ0) is 18.1. The number of hydrogen-bond acceptors (Lipinski definition) is 4. The highest BCUT2D eigenvalue weighted by atomic mass is 32.2. The molecule has 1 saturated heterocycles. The number of benzene rings is 2. The Morgan fingerprint density at radius 1 is 1.16 bits per heavy atom. The number of aryl methyl sites for hydroxylation is 1. The van der Waals surface area contributed by atoms with Gasteiger partial charge in [0.2, 0.25) is 0 Å². The van der Waals surface area contributed by atoms with Crippen molar-refractivity contribution in [2.75, 3.05) is 4.90 Å². The molecule has 1 fully saturated rings. The van der Waals surface area contributed by atoms with E-state index in [1.54, 1.807) is 24.3 Å². The molecule has 0 unspecified atom stereocenters. The molecule has 1 N–H and O–H groups in total. The highest BCUT2D eigenvalue weighted by Gasteiger charge is 2.34. The zero-order valence-electron chi connectivity index (χ0n) is 13.6. The van der Waals surface area contributed by atoms with Gasteiger partial charge in [0.1, 0.15) is 0 Å². The Hall–Kier alpha value is -2.44. The number of carboxylic acids is 1. The van der Waals surface area contributed by atoms with E-state index in [-0.39, 0.29) is 11.5 Å². The fraction of sp³-hybridized carbons (Fsp3) is 0.105. The van der Waals surface area contributed by atoms with E-state index in [0.29, 0.717) is 14.8 Å². The number of thioether (sulfide) groups is 1. The van der Waals surface area contributed by atoms with E-state index in [4.69, 9.17) is 12.2 Å². The summed E-state index contributed by atoms with van der Waals surface area (Å²) in [5.41, 5.74) is 3.46. The lowest BCUT2D eigenvalue weighted by molar-refractivity contribution is -0.113. The van der Waals surface area contributed by atoms with Gasteiger partial charge in [0.25, 0.3) is 5.91 Å². The van der Waals surface area contributed by atoms with E-state index in [1.165, 1.54) is 22.7 Å². The molecule has 0 atom stereocenters. The molecule has 2 aromatic rings. The molecule has 0 aliphatic carbocycles. The summed E-state index contributed by atoms with van der Waals surface area (Å²) in [5, 5.41) is 9.30. The molecule has 1 aliphatic heterocycles. The summed E-state index contributed by atoms with van der Waals surface area (Å²) >= 11 is 6.57. The summed E-state index contributed by atoms with van der Waals surface area (Å²) < 4.78 is 0.442. The normalized spacial score (nSPS) is 15.9. The molecule has 1 amide bonds. The topological polar surface area (TPSA) is 57.6 Å². The van der Waals surface area contributed by atoms with E-state index in [0.717, 1.165) is 16.8 Å². The monoisotopic (exact) mass is 369 g/mol. The maximum absolute atomic E-state index is 12.9. The Morgan fingerprint density at radius 2 is 1.88 bits per heavy atom. The minimum atomic E-state index is -1.03. The average molecular weight is 369 g/mol. The molecule has 2 aromatic carbocycles. The predicted molar refractivity (Wildman–Crippen MR) is 105 cm³/mol. The number of amides is 1. The molecule has 0 spiro atoms. The molecule has 126 valence electrons. The molecule has 0 bridgehead atoms. The lowest BCUT2D eigenvalue weighted by Crippen LogP contribution is -2.28. The number of nitrogens with zero attached hydrogens (tertiary/aromatic N) is 1. The second-order valence-electron chi connectivity index (χ2n) is 5.63. The van der Waals surface area contributed by atoms with Crippen molar-refractivity contribution < 1.29 is 14.7 Å². The summed E-state index contributed by atoms with van der Waals surface area (Å²) in [5.74, 6) is -1.26. The Morgan fingerprint density at radius 3 is 2.60 bits per heavy atom. The lowest BCUT2D eigenvalue weighted by atomic mass is 10.1. The number of rotatable bonds is 3. The number of carbonyl (C=O) groups excluding carboxylic acids is 1. The molecule has 1 heterocycles. The first-order chi connectivity index (χ1) is 11.9. The maximum atomic E-state index is 12.9. The number of thiocarbonyl (C=S) groups is 1. The van der Waals surface area contributed by atoms with Crippen LogP contribution >= 0.6 is 24.0 Å². The summed E-state index contributed by atoms with van der Waals surface area (Å²) in [6.45, 7) is 3.93. The number of hydrogen-bond donors (Lipinski definition) is 1. The van der Waals surface area contributed by atoms with Crippen LogP contribution in [-0.2, 0) is 4.79 Å². The van der Waals surface area contributed by atoms with Crippen molar-refractivity contribution in [3.63, 3.8) is 0 Å². The maximum Gasteiger partial charge on any atom is 0.336 e. The smallest absolute Gasteiger partial charge is 0.336 e. The van der Waals surface area contributed by atoms with Gasteiger partial charge in [0, 0.05) is 0 Å². The fourth-order valence-electron chi connectivity index (χ4n) is 2.61. The van der Waals surface area contributed by atoms with Gasteiger partial charge < -0.3 is 5.11 Å². The van der Waals surface area contributed by atoms with Gasteiger partial charge in [0.15, 0.2) is 4.32 Å². The number of aromatic carboxylic acids is 1. The van der Waals surface area contributed by atoms with Crippen LogP contribution in [0.2, 0.25) is 0 Å². The van der Waals surface area contributed by atoms with Crippen LogP contribution in [-0.4, -0.2) is 21.3 Å². The summed E-state index contributed by atoms with van der Waals surface area (Å²) in [6.07, 6.45) is 1.59. The third-order valence-electron chi connectivity index (χ3n) is 4.09. The minimum absolute atomic E-state index is 0.152. The van der Waals surface area contributed by atoms with Gasteiger partial charge in [0.05, 0.1) is 16.2 Å². The van der Waals surface area contributed by atoms with Crippen molar-refractivity contribution >= 4 is 51.9 Å². The molecule has 0 radical (unpaired) electrons. The largest absolute Gasteiger partial charge is 0.478 e. The first-order valence-electron chi connectivity index (χ1n) is 7.56. The third-order valence-corrected chi connectivity index (χ3v) is 5.39. The van der Waals surface area contributed by atoms with Crippen LogP contribution < -0.4 is 4.90 Å². The molecule has 1 aliphatic rings. The lowest BCUT2D eigenvalue weighted by Gasteiger charge is -2.18. The van der Waals surface area contributed by atoms with Gasteiger partial charge in [-0.3, -0.25) is 9.69 Å². The van der Waals surface area contributed by atoms with Gasteiger partial charge in [-0.25, -0.2) is 4.79 Å². The fourth-order valence-corrected chi connectivity index (χ4v) is 3.89. The number of carbonyl (C=O) groups is 2. The van der Waals surface area contributed by atoms with E-state index < -0.39 is 5.97 Å². The van der Waals surface area contributed by atoms with Crippen molar-refractivity contribution in [2.45, 2.75) is 13.8 Å². The third kappa shape index (κ3) is 3.23. The predicted octanol–water partition coefficient (Wildman–Crippen LogP) is 4.41. The number of carboxylic acid groups (broad SMARTS) is 1. The van der Waals surface area contributed by atoms with E-state index >= 15 is 0 Å². The Labute approximate surface area is 155 Å². The summed E-state index contributed by atoms with van der Waals surface area (Å²) in [7, 11) is 0. The number of anilines is 1. The van der Waals surface area contributed by atoms with Crippen LogP contribution in [0.3, 0.4) is 0 Å². The van der Waals surface area contributed by atoms with Crippen LogP contribution in [0.15, 0.2) is 47.4 Å². The van der Waals surface area contributed by atoms with Crippen LogP contribution in [0.4, 0.5) is 5.69 Å². The SMILES string of the molecule is Cc1cccc(N2C(=O)/C(=C\c3ccccc3C(=O)O)SC2=S)c1C. The van der Waals surface area contributed by atoms with Crippen molar-refractivity contribution in [2.24, 2.45) is 0 Å². The standard InChI is InChI=1S/C19H15NO3S2/c1-11-6-5-9-15(12(11)2)20-17(21)16(25-19(20)24)10-13-7-3-4-8-14(13)18(22)23/h3-10H,1-2H3,(H,22,23)/b16-10+. The first kappa shape index (κ1) is 17.4. The highest BCUT2D eigenvalue weighted by molar-refractivity contribution is 8.27. The molecule has 0 saturated carbocycles. The van der Waals surface area contributed by atoms with Crippen molar-refractivity contribution in [3.8, 4) is 0 Å². The van der Waals surface area contributed by atoms with E-state index in [9.17, 15) is 14.7 Å². The van der Waals surface area contributed by atoms with Crippen molar-refractivity contribution in [1.82, 2.24) is 0 Å². The van der Waals surface area contributed by atoms with Crippen LogP contribution in [0.1, 0.15) is 27.0 Å². The molecule has 3 rings (SSSR count). The van der Waals surface area contributed by atoms with Crippen LogP contribution in [0, 0.1) is 13.8 Å². The van der Waals surface area contributed by atoms with Gasteiger partial charge in [-0.15, -0.1) is 0 Å². The quantitative estimate of drug-likeness (QED) is 0.642. The van der Waals surface area contributed by atoms with Gasteiger partial charge in [-0.1, -0.05) is 54.3 Å². The van der Waals surface area contributed by atoms with E-state index in [1.807, 2.05) is 32.0 Å². The Balaban J connectivity index is 2.03.